The summed E-state index contributed by atoms with van der Waals surface area (Å²) in [5.41, 5.74) is -0.561. The summed E-state index contributed by atoms with van der Waals surface area (Å²) in [5.74, 6) is -1.79. The molecule has 4 N–H and O–H groups in total. The molecule has 2 heterocycles. The molecular formula is C31H42N4O8. The molecule has 1 saturated carbocycles. The predicted molar refractivity (Wildman–Crippen MR) is 156 cm³/mol. The van der Waals surface area contributed by atoms with E-state index in [1.165, 1.54) is 13.2 Å². The minimum atomic E-state index is -1.38. The molecule has 4 aliphatic rings. The van der Waals surface area contributed by atoms with Crippen molar-refractivity contribution in [1.82, 2.24) is 20.9 Å². The first-order valence-electron chi connectivity index (χ1n) is 15.0. The molecule has 2 aliphatic carbocycles. The molecule has 234 valence electrons. The number of morpholine rings is 1. The van der Waals surface area contributed by atoms with Gasteiger partial charge in [0.2, 0.25) is 17.7 Å². The van der Waals surface area contributed by atoms with Gasteiger partial charge in [0.1, 0.15) is 17.2 Å². The van der Waals surface area contributed by atoms with Crippen LogP contribution in [0.1, 0.15) is 57.4 Å². The van der Waals surface area contributed by atoms with E-state index in [-0.39, 0.29) is 36.2 Å². The Bertz CT molecular complexity index is 1290. The number of hydrogen-bond donors (Lipinski definition) is 4. The number of hydrogen-bond acceptors (Lipinski definition) is 9. The second-order valence-electron chi connectivity index (χ2n) is 12.2. The minimum Gasteiger partial charge on any atom is -0.504 e. The van der Waals surface area contributed by atoms with Crippen molar-refractivity contribution in [3.63, 3.8) is 0 Å². The second kappa shape index (κ2) is 12.6. The van der Waals surface area contributed by atoms with Gasteiger partial charge in [-0.3, -0.25) is 24.1 Å². The summed E-state index contributed by atoms with van der Waals surface area (Å²) in [5, 5.41) is 19.0. The Morgan fingerprint density at radius 2 is 1.93 bits per heavy atom. The van der Waals surface area contributed by atoms with Crippen molar-refractivity contribution in [3.05, 3.63) is 35.4 Å². The van der Waals surface area contributed by atoms with E-state index in [1.54, 1.807) is 26.0 Å². The molecule has 2 aliphatic heterocycles. The topological polar surface area (TPSA) is 159 Å². The average molecular weight is 599 g/mol. The van der Waals surface area contributed by atoms with Gasteiger partial charge in [0.15, 0.2) is 17.3 Å². The third-order valence-electron chi connectivity index (χ3n) is 8.88. The molecule has 0 radical (unpaired) electrons. The molecule has 2 saturated heterocycles. The van der Waals surface area contributed by atoms with Gasteiger partial charge in [-0.25, -0.2) is 0 Å². The molecule has 12 heteroatoms. The first-order valence-corrected chi connectivity index (χ1v) is 15.0. The van der Waals surface area contributed by atoms with E-state index >= 15 is 0 Å². The van der Waals surface area contributed by atoms with E-state index in [4.69, 9.17) is 14.2 Å². The number of epoxide rings is 1. The van der Waals surface area contributed by atoms with Gasteiger partial charge in [0.05, 0.1) is 39.5 Å². The number of rotatable bonds is 13. The molecule has 5 rings (SSSR count). The number of Topliss-reactive ketones (excluding diaryl/α,β-unsaturated/α-hetero) is 1. The van der Waals surface area contributed by atoms with Crippen LogP contribution < -0.4 is 20.7 Å². The van der Waals surface area contributed by atoms with Crippen LogP contribution in [-0.4, -0.2) is 103 Å². The van der Waals surface area contributed by atoms with Crippen LogP contribution in [-0.2, 0) is 28.7 Å². The largest absolute Gasteiger partial charge is 0.504 e. The van der Waals surface area contributed by atoms with Crippen LogP contribution in [0.2, 0.25) is 0 Å². The maximum absolute atomic E-state index is 14.1. The van der Waals surface area contributed by atoms with Crippen LogP contribution in [0.3, 0.4) is 0 Å². The quantitative estimate of drug-likeness (QED) is 0.191. The van der Waals surface area contributed by atoms with E-state index in [0.29, 0.717) is 44.9 Å². The number of allylic oxidation sites excluding steroid dienone is 1. The fourth-order valence-electron chi connectivity index (χ4n) is 5.98. The maximum atomic E-state index is 14.1. The van der Waals surface area contributed by atoms with Gasteiger partial charge in [0.25, 0.3) is 0 Å². The van der Waals surface area contributed by atoms with Crippen LogP contribution in [0, 0.1) is 0 Å². The van der Waals surface area contributed by atoms with E-state index in [2.05, 4.69) is 22.0 Å². The average Bonchev–Trinajstić information content (AvgIpc) is 3.85. The van der Waals surface area contributed by atoms with E-state index in [1.807, 2.05) is 4.90 Å². The van der Waals surface area contributed by atoms with Gasteiger partial charge < -0.3 is 35.3 Å². The van der Waals surface area contributed by atoms with Crippen LogP contribution in [0.5, 0.6) is 11.5 Å². The minimum absolute atomic E-state index is 0.0867. The zero-order chi connectivity index (χ0) is 30.8. The normalized spacial score (nSPS) is 27.8. The van der Waals surface area contributed by atoms with Gasteiger partial charge in [-0.15, -0.1) is 0 Å². The van der Waals surface area contributed by atoms with Crippen molar-refractivity contribution in [3.8, 4) is 11.5 Å². The molecule has 5 atom stereocenters. The molecule has 1 aromatic carbocycles. The monoisotopic (exact) mass is 598 g/mol. The lowest BCUT2D eigenvalue weighted by Gasteiger charge is -2.27. The number of carbonyl (C=O) groups is 4. The summed E-state index contributed by atoms with van der Waals surface area (Å²) in [4.78, 5) is 55.5. The van der Waals surface area contributed by atoms with Gasteiger partial charge in [-0.2, -0.15) is 0 Å². The zero-order valence-corrected chi connectivity index (χ0v) is 25.1. The summed E-state index contributed by atoms with van der Waals surface area (Å²) in [6.07, 6.45) is 5.57. The van der Waals surface area contributed by atoms with Crippen LogP contribution in [0.4, 0.5) is 0 Å². The third-order valence-corrected chi connectivity index (χ3v) is 8.88. The number of phenols is 1. The highest BCUT2D eigenvalue weighted by molar-refractivity contribution is 6.02. The van der Waals surface area contributed by atoms with Crippen molar-refractivity contribution in [2.24, 2.45) is 0 Å². The number of nitrogens with zero attached hydrogens (tertiary/aromatic N) is 1. The number of benzene rings is 1. The van der Waals surface area contributed by atoms with E-state index < -0.39 is 41.0 Å². The number of phenolic OH excluding ortho intramolecular Hbond substituents is 1. The Kier molecular flexibility index (Phi) is 9.10. The number of ether oxygens (including phenoxy) is 3. The Labute approximate surface area is 251 Å². The van der Waals surface area contributed by atoms with Gasteiger partial charge in [-0.1, -0.05) is 17.7 Å². The van der Waals surface area contributed by atoms with Crippen molar-refractivity contribution in [2.75, 3.05) is 46.6 Å². The first kappa shape index (κ1) is 31.0. The van der Waals surface area contributed by atoms with Crippen LogP contribution in [0.25, 0.3) is 0 Å². The Morgan fingerprint density at radius 3 is 2.56 bits per heavy atom. The number of aromatic hydroxyl groups is 1. The smallest absolute Gasteiger partial charge is 0.247 e. The number of nitrogens with one attached hydrogen (secondary N) is 3. The first-order chi connectivity index (χ1) is 20.5. The van der Waals surface area contributed by atoms with Gasteiger partial charge in [0, 0.05) is 19.0 Å². The van der Waals surface area contributed by atoms with Crippen molar-refractivity contribution < 1.29 is 38.5 Å². The third kappa shape index (κ3) is 7.02. The second-order valence-corrected chi connectivity index (χ2v) is 12.2. The van der Waals surface area contributed by atoms with Gasteiger partial charge in [-0.05, 0) is 63.6 Å². The highest BCUT2D eigenvalue weighted by Crippen LogP contribution is 2.53. The van der Waals surface area contributed by atoms with Crippen molar-refractivity contribution >= 4 is 23.5 Å². The molecule has 1 aromatic rings. The Morgan fingerprint density at radius 1 is 1.19 bits per heavy atom. The van der Waals surface area contributed by atoms with Crippen LogP contribution >= 0.6 is 0 Å². The molecule has 0 aromatic heterocycles. The summed E-state index contributed by atoms with van der Waals surface area (Å²) in [6, 6.07) is 3.14. The van der Waals surface area contributed by atoms with Crippen molar-refractivity contribution in [2.45, 2.75) is 75.1 Å². The summed E-state index contributed by atoms with van der Waals surface area (Å²) in [7, 11) is 1.44. The van der Waals surface area contributed by atoms with Gasteiger partial charge >= 0.3 is 0 Å². The molecule has 43 heavy (non-hydrogen) atoms. The fourth-order valence-corrected chi connectivity index (χ4v) is 5.98. The Balaban J connectivity index is 1.33. The summed E-state index contributed by atoms with van der Waals surface area (Å²) >= 11 is 0. The lowest BCUT2D eigenvalue weighted by molar-refractivity contribution is -0.135. The molecule has 3 fully saturated rings. The lowest BCUT2D eigenvalue weighted by atomic mass is 9.93. The standard InChI is InChI=1S/C31H42N4O8/c1-19(32-26(37)17-35-10-12-42-13-11-35)28(39)34-31(16-22(31)21-8-9-25(41-3)24(36)15-21)29(40)33-23(14-20-6-4-5-7-20)27(38)30(2)18-43-30/h6,8-9,15,19,22-23,36H,4-5,7,10-14,16-18H2,1-3H3,(H,32,37)(H,33,40)(H,34,39)/t19-,22?,23-,30+,31?/m0/s1. The molecule has 2 unspecified atom stereocenters. The molecule has 3 amide bonds. The molecule has 0 spiro atoms. The Hall–Kier alpha value is -3.48. The van der Waals surface area contributed by atoms with E-state index in [9.17, 15) is 24.3 Å². The fraction of sp³-hybridized carbons (Fsp3) is 0.613. The predicted octanol–water partition coefficient (Wildman–Crippen LogP) is 0.923. The van der Waals surface area contributed by atoms with Crippen molar-refractivity contribution in [1.29, 1.82) is 0 Å². The summed E-state index contributed by atoms with van der Waals surface area (Å²) in [6.45, 7) is 6.10. The van der Waals surface area contributed by atoms with Crippen LogP contribution in [0.15, 0.2) is 29.8 Å². The molecular weight excluding hydrogens is 556 g/mol. The highest BCUT2D eigenvalue weighted by Gasteiger charge is 2.63. The number of methoxy groups -OCH3 is 1. The number of carbonyl (C=O) groups excluding carboxylic acids is 4. The maximum Gasteiger partial charge on any atom is 0.247 e. The lowest BCUT2D eigenvalue weighted by Crippen LogP contribution is -2.58. The van der Waals surface area contributed by atoms with E-state index in [0.717, 1.165) is 24.8 Å². The molecule has 12 nitrogen and oxygen atoms in total. The SMILES string of the molecule is COc1ccc(C2CC2(NC(=O)[C@H](C)NC(=O)CN2CCOCC2)C(=O)N[C@@H](CC2=CCCC2)C(=O)[C@@]2(C)CO2)cc1O. The number of amides is 3. The zero-order valence-electron chi connectivity index (χ0n) is 25.1. The highest BCUT2D eigenvalue weighted by atomic mass is 16.6. The molecule has 0 bridgehead atoms. The number of ketones is 1. The summed E-state index contributed by atoms with van der Waals surface area (Å²) < 4.78 is 15.9.